The number of hydrogen-bond acceptors (Lipinski definition) is 3. The van der Waals surface area contributed by atoms with E-state index in [-0.39, 0.29) is 5.91 Å². The summed E-state index contributed by atoms with van der Waals surface area (Å²) in [5, 5.41) is 13.8. The van der Waals surface area contributed by atoms with Crippen molar-refractivity contribution in [1.29, 1.82) is 0 Å². The number of carboxylic acids is 1. The molecule has 6 heteroatoms. The van der Waals surface area contributed by atoms with Gasteiger partial charge in [-0.25, -0.2) is 4.79 Å². The number of carbonyl (C=O) groups is 3. The van der Waals surface area contributed by atoms with Gasteiger partial charge in [-0.15, -0.1) is 0 Å². The van der Waals surface area contributed by atoms with Crippen molar-refractivity contribution in [3.05, 3.63) is 0 Å². The van der Waals surface area contributed by atoms with Gasteiger partial charge in [0.15, 0.2) is 0 Å². The minimum atomic E-state index is -1.04. The predicted octanol–water partition coefficient (Wildman–Crippen LogP) is -0.365. The van der Waals surface area contributed by atoms with Crippen LogP contribution in [0.15, 0.2) is 0 Å². The molecule has 0 bridgehead atoms. The summed E-state index contributed by atoms with van der Waals surface area (Å²) in [7, 11) is 0. The van der Waals surface area contributed by atoms with Crippen molar-refractivity contribution >= 4 is 17.8 Å². The molecule has 0 aliphatic carbocycles. The average Bonchev–Trinajstić information content (AvgIpc) is 2.64. The Bertz CT molecular complexity index is 303. The summed E-state index contributed by atoms with van der Waals surface area (Å²) >= 11 is 0. The van der Waals surface area contributed by atoms with Crippen LogP contribution in [0.1, 0.15) is 32.6 Å². The minimum Gasteiger partial charge on any atom is -0.480 e. The monoisotopic (exact) mass is 228 g/mol. The van der Waals surface area contributed by atoms with Crippen LogP contribution < -0.4 is 10.6 Å². The number of carboxylic acid groups (broad SMARTS) is 1. The first-order chi connectivity index (χ1) is 7.54. The first kappa shape index (κ1) is 12.5. The molecule has 1 aliphatic rings. The van der Waals surface area contributed by atoms with E-state index in [1.54, 1.807) is 0 Å². The zero-order chi connectivity index (χ0) is 12.1. The highest BCUT2D eigenvalue weighted by atomic mass is 16.4. The number of amides is 2. The van der Waals surface area contributed by atoms with Crippen molar-refractivity contribution in [2.45, 2.75) is 44.7 Å². The maximum absolute atomic E-state index is 11.6. The van der Waals surface area contributed by atoms with Crippen LogP contribution in [-0.4, -0.2) is 35.0 Å². The maximum Gasteiger partial charge on any atom is 0.326 e. The molecule has 90 valence electrons. The van der Waals surface area contributed by atoms with Gasteiger partial charge in [-0.2, -0.15) is 0 Å². The fourth-order valence-corrected chi connectivity index (χ4v) is 1.63. The third kappa shape index (κ3) is 3.22. The second kappa shape index (κ2) is 5.48. The van der Waals surface area contributed by atoms with Crippen LogP contribution in [0.2, 0.25) is 0 Å². The normalized spacial score (nSPS) is 21.3. The van der Waals surface area contributed by atoms with Crippen molar-refractivity contribution in [2.75, 3.05) is 0 Å². The first-order valence-corrected chi connectivity index (χ1v) is 5.37. The molecular formula is C10H16N2O4. The predicted molar refractivity (Wildman–Crippen MR) is 55.6 cm³/mol. The highest BCUT2D eigenvalue weighted by molar-refractivity contribution is 5.92. The lowest BCUT2D eigenvalue weighted by Gasteiger charge is -2.16. The van der Waals surface area contributed by atoms with Gasteiger partial charge in [-0.1, -0.05) is 13.3 Å². The van der Waals surface area contributed by atoms with Gasteiger partial charge >= 0.3 is 5.97 Å². The van der Waals surface area contributed by atoms with Gasteiger partial charge in [-0.05, 0) is 12.8 Å². The van der Waals surface area contributed by atoms with Crippen molar-refractivity contribution in [3.8, 4) is 0 Å². The molecule has 3 N–H and O–H groups in total. The smallest absolute Gasteiger partial charge is 0.326 e. The summed E-state index contributed by atoms with van der Waals surface area (Å²) in [6, 6.07) is -1.44. The standard InChI is InChI=1S/C10H16N2O4/c1-2-3-7(10(15)16)12-9(14)6-4-5-8(13)11-6/h6-7H,2-5H2,1H3,(H,11,13)(H,12,14)(H,15,16)/t6-,7?/m1/s1. The highest BCUT2D eigenvalue weighted by Gasteiger charge is 2.29. The molecular weight excluding hydrogens is 212 g/mol. The number of rotatable bonds is 5. The lowest BCUT2D eigenvalue weighted by molar-refractivity contribution is -0.142. The van der Waals surface area contributed by atoms with Gasteiger partial charge in [0.2, 0.25) is 11.8 Å². The fraction of sp³-hybridized carbons (Fsp3) is 0.700. The minimum absolute atomic E-state index is 0.164. The maximum atomic E-state index is 11.6. The summed E-state index contributed by atoms with van der Waals surface area (Å²) in [6.45, 7) is 1.85. The van der Waals surface area contributed by atoms with Gasteiger partial charge in [0.05, 0.1) is 0 Å². The Morgan fingerprint density at radius 2 is 2.31 bits per heavy atom. The van der Waals surface area contributed by atoms with Crippen LogP contribution in [0.4, 0.5) is 0 Å². The number of carbonyl (C=O) groups excluding carboxylic acids is 2. The summed E-state index contributed by atoms with van der Waals surface area (Å²) in [6.07, 6.45) is 1.82. The van der Waals surface area contributed by atoms with Gasteiger partial charge in [0, 0.05) is 6.42 Å². The van der Waals surface area contributed by atoms with E-state index in [0.29, 0.717) is 25.7 Å². The van der Waals surface area contributed by atoms with E-state index in [1.165, 1.54) is 0 Å². The zero-order valence-corrected chi connectivity index (χ0v) is 9.16. The second-order valence-electron chi connectivity index (χ2n) is 3.85. The molecule has 2 amide bonds. The molecule has 0 aromatic carbocycles. The van der Waals surface area contributed by atoms with Gasteiger partial charge in [0.25, 0.3) is 0 Å². The lowest BCUT2D eigenvalue weighted by Crippen LogP contribution is -2.48. The van der Waals surface area contributed by atoms with Crippen molar-refractivity contribution in [1.82, 2.24) is 10.6 Å². The Morgan fingerprint density at radius 3 is 2.75 bits per heavy atom. The molecule has 1 rings (SSSR count). The topological polar surface area (TPSA) is 95.5 Å². The van der Waals surface area contributed by atoms with E-state index in [9.17, 15) is 14.4 Å². The van der Waals surface area contributed by atoms with Gasteiger partial charge in [-0.3, -0.25) is 9.59 Å². The van der Waals surface area contributed by atoms with Crippen LogP contribution in [0.5, 0.6) is 0 Å². The second-order valence-corrected chi connectivity index (χ2v) is 3.85. The van der Waals surface area contributed by atoms with E-state index < -0.39 is 24.0 Å². The molecule has 6 nitrogen and oxygen atoms in total. The van der Waals surface area contributed by atoms with Crippen LogP contribution in [0.25, 0.3) is 0 Å². The molecule has 16 heavy (non-hydrogen) atoms. The van der Waals surface area contributed by atoms with Crippen LogP contribution in [0.3, 0.4) is 0 Å². The van der Waals surface area contributed by atoms with E-state index >= 15 is 0 Å². The van der Waals surface area contributed by atoms with E-state index in [2.05, 4.69) is 10.6 Å². The summed E-state index contributed by atoms with van der Waals surface area (Å²) < 4.78 is 0. The molecule has 2 atom stereocenters. The SMILES string of the molecule is CCCC(NC(=O)[C@H]1CCC(=O)N1)C(=O)O. The fourth-order valence-electron chi connectivity index (χ4n) is 1.63. The van der Waals surface area contributed by atoms with E-state index in [1.807, 2.05) is 6.92 Å². The Labute approximate surface area is 93.4 Å². The molecule has 1 saturated heterocycles. The lowest BCUT2D eigenvalue weighted by atomic mass is 10.1. The molecule has 0 aromatic heterocycles. The molecule has 0 saturated carbocycles. The summed E-state index contributed by atoms with van der Waals surface area (Å²) in [5.74, 6) is -1.62. The van der Waals surface area contributed by atoms with Gasteiger partial charge in [0.1, 0.15) is 12.1 Å². The molecule has 1 unspecified atom stereocenters. The van der Waals surface area contributed by atoms with Crippen molar-refractivity contribution in [3.63, 3.8) is 0 Å². The van der Waals surface area contributed by atoms with E-state index in [0.717, 1.165) is 0 Å². The molecule has 1 heterocycles. The summed E-state index contributed by atoms with van der Waals surface area (Å²) in [5.41, 5.74) is 0. The van der Waals surface area contributed by atoms with Crippen molar-refractivity contribution in [2.24, 2.45) is 0 Å². The molecule has 0 spiro atoms. The van der Waals surface area contributed by atoms with Crippen LogP contribution in [-0.2, 0) is 14.4 Å². The van der Waals surface area contributed by atoms with Crippen LogP contribution in [0, 0.1) is 0 Å². The Balaban J connectivity index is 2.48. The summed E-state index contributed by atoms with van der Waals surface area (Å²) in [4.78, 5) is 33.3. The average molecular weight is 228 g/mol. The molecule has 1 aliphatic heterocycles. The Morgan fingerprint density at radius 1 is 1.62 bits per heavy atom. The first-order valence-electron chi connectivity index (χ1n) is 5.37. The Hall–Kier alpha value is -1.59. The highest BCUT2D eigenvalue weighted by Crippen LogP contribution is 2.07. The molecule has 0 aromatic rings. The van der Waals surface area contributed by atoms with Gasteiger partial charge < -0.3 is 15.7 Å². The number of nitrogens with one attached hydrogen (secondary N) is 2. The number of hydrogen-bond donors (Lipinski definition) is 3. The van der Waals surface area contributed by atoms with E-state index in [4.69, 9.17) is 5.11 Å². The number of aliphatic carboxylic acids is 1. The zero-order valence-electron chi connectivity index (χ0n) is 9.16. The molecule has 1 fully saturated rings. The van der Waals surface area contributed by atoms with Crippen molar-refractivity contribution < 1.29 is 19.5 Å². The third-order valence-electron chi connectivity index (χ3n) is 2.50. The quantitative estimate of drug-likeness (QED) is 0.598. The third-order valence-corrected chi connectivity index (χ3v) is 2.50. The molecule has 0 radical (unpaired) electrons. The van der Waals surface area contributed by atoms with Crippen LogP contribution >= 0.6 is 0 Å². The largest absolute Gasteiger partial charge is 0.480 e. The Kier molecular flexibility index (Phi) is 4.28.